The van der Waals surface area contributed by atoms with Gasteiger partial charge in [0.15, 0.2) is 0 Å². The Bertz CT molecular complexity index is 578. The maximum Gasteiger partial charge on any atom is 0.243 e. The van der Waals surface area contributed by atoms with Gasteiger partial charge in [-0.15, -0.1) is 12.4 Å². The van der Waals surface area contributed by atoms with Gasteiger partial charge in [-0.05, 0) is 56.5 Å². The smallest absolute Gasteiger partial charge is 0.243 e. The third-order valence-electron chi connectivity index (χ3n) is 3.80. The lowest BCUT2D eigenvalue weighted by molar-refractivity contribution is 0.243. The third-order valence-corrected chi connectivity index (χ3v) is 5.91. The van der Waals surface area contributed by atoms with Crippen molar-refractivity contribution in [1.82, 2.24) is 4.31 Å². The molecule has 1 aliphatic heterocycles. The molecule has 1 aromatic rings. The van der Waals surface area contributed by atoms with Crippen molar-refractivity contribution in [2.24, 2.45) is 5.73 Å². The Morgan fingerprint density at radius 3 is 2.71 bits per heavy atom. The van der Waals surface area contributed by atoms with Gasteiger partial charge in [-0.1, -0.05) is 6.42 Å². The van der Waals surface area contributed by atoms with Crippen molar-refractivity contribution in [2.45, 2.75) is 43.5 Å². The zero-order chi connectivity index (χ0) is 14.8. The molecule has 1 atom stereocenters. The van der Waals surface area contributed by atoms with Crippen molar-refractivity contribution >= 4 is 22.4 Å². The predicted octanol–water partition coefficient (Wildman–Crippen LogP) is 2.45. The van der Waals surface area contributed by atoms with Gasteiger partial charge in [0.25, 0.3) is 0 Å². The van der Waals surface area contributed by atoms with E-state index in [-0.39, 0.29) is 23.3 Å². The number of benzene rings is 1. The second-order valence-corrected chi connectivity index (χ2v) is 7.11. The molecule has 4 nitrogen and oxygen atoms in total. The molecule has 1 heterocycles. The number of nitrogens with zero attached hydrogens (tertiary/aromatic N) is 1. The van der Waals surface area contributed by atoms with Gasteiger partial charge in [0.05, 0.1) is 4.90 Å². The summed E-state index contributed by atoms with van der Waals surface area (Å²) in [5.41, 5.74) is 6.03. The number of sulfonamides is 1. The van der Waals surface area contributed by atoms with Crippen molar-refractivity contribution in [1.29, 1.82) is 0 Å². The molecule has 2 rings (SSSR count). The third kappa shape index (κ3) is 3.94. The number of halogens is 2. The standard InChI is InChI=1S/C14H21FN2O2S.ClH/c1-11-10-12(15)5-6-14(11)20(18,19)17-9-3-2-4-13(17)7-8-16;/h5-6,10,13H,2-4,7-9,16H2,1H3;1H. The first-order valence-electron chi connectivity index (χ1n) is 6.95. The zero-order valence-electron chi connectivity index (χ0n) is 12.1. The van der Waals surface area contributed by atoms with Crippen LogP contribution in [0.5, 0.6) is 0 Å². The number of rotatable bonds is 4. The summed E-state index contributed by atoms with van der Waals surface area (Å²) >= 11 is 0. The van der Waals surface area contributed by atoms with Gasteiger partial charge in [-0.25, -0.2) is 12.8 Å². The van der Waals surface area contributed by atoms with E-state index in [0.29, 0.717) is 25.1 Å². The Morgan fingerprint density at radius 2 is 2.10 bits per heavy atom. The van der Waals surface area contributed by atoms with E-state index < -0.39 is 15.8 Å². The summed E-state index contributed by atoms with van der Waals surface area (Å²) in [4.78, 5) is 0.197. The van der Waals surface area contributed by atoms with Crippen LogP contribution in [0.2, 0.25) is 0 Å². The molecule has 0 radical (unpaired) electrons. The molecule has 0 bridgehead atoms. The lowest BCUT2D eigenvalue weighted by Crippen LogP contribution is -2.44. The molecule has 0 aromatic heterocycles. The minimum absolute atomic E-state index is 0. The Hall–Kier alpha value is -0.690. The van der Waals surface area contributed by atoms with Gasteiger partial charge in [0.2, 0.25) is 10.0 Å². The van der Waals surface area contributed by atoms with E-state index in [2.05, 4.69) is 0 Å². The number of nitrogens with two attached hydrogens (primary N) is 1. The molecule has 2 N–H and O–H groups in total. The van der Waals surface area contributed by atoms with E-state index in [9.17, 15) is 12.8 Å². The fourth-order valence-corrected chi connectivity index (χ4v) is 4.73. The van der Waals surface area contributed by atoms with E-state index in [1.54, 1.807) is 11.2 Å². The summed E-state index contributed by atoms with van der Waals surface area (Å²) in [5.74, 6) is -0.418. The Kier molecular flexibility index (Phi) is 6.59. The van der Waals surface area contributed by atoms with Crippen LogP contribution in [0.3, 0.4) is 0 Å². The summed E-state index contributed by atoms with van der Waals surface area (Å²) in [6.07, 6.45) is 3.40. The average Bonchev–Trinajstić information content (AvgIpc) is 2.39. The highest BCUT2D eigenvalue weighted by atomic mass is 35.5. The first-order valence-corrected chi connectivity index (χ1v) is 8.39. The molecule has 0 amide bonds. The van der Waals surface area contributed by atoms with Crippen molar-refractivity contribution in [3.05, 3.63) is 29.6 Å². The Labute approximate surface area is 132 Å². The number of aryl methyl sites for hydroxylation is 1. The number of hydrogen-bond donors (Lipinski definition) is 1. The SMILES string of the molecule is Cc1cc(F)ccc1S(=O)(=O)N1CCCCC1CCN.Cl. The summed E-state index contributed by atoms with van der Waals surface area (Å²) in [6, 6.07) is 3.77. The lowest BCUT2D eigenvalue weighted by Gasteiger charge is -2.34. The highest BCUT2D eigenvalue weighted by Gasteiger charge is 2.33. The van der Waals surface area contributed by atoms with Crippen LogP contribution in [0.1, 0.15) is 31.2 Å². The summed E-state index contributed by atoms with van der Waals surface area (Å²) in [7, 11) is -3.57. The maximum absolute atomic E-state index is 13.2. The van der Waals surface area contributed by atoms with Crippen LogP contribution in [-0.2, 0) is 10.0 Å². The normalized spacial score (nSPS) is 20.0. The predicted molar refractivity (Wildman–Crippen MR) is 83.6 cm³/mol. The zero-order valence-corrected chi connectivity index (χ0v) is 13.7. The average molecular weight is 337 g/mol. The van der Waals surface area contributed by atoms with Crippen molar-refractivity contribution in [3.8, 4) is 0 Å². The fourth-order valence-electron chi connectivity index (χ4n) is 2.80. The molecule has 1 aromatic carbocycles. The first kappa shape index (κ1) is 18.4. The van der Waals surface area contributed by atoms with Crippen molar-refractivity contribution < 1.29 is 12.8 Å². The first-order chi connectivity index (χ1) is 9.46. The topological polar surface area (TPSA) is 63.4 Å². The van der Waals surface area contributed by atoms with Gasteiger partial charge in [0.1, 0.15) is 5.82 Å². The van der Waals surface area contributed by atoms with Gasteiger partial charge < -0.3 is 5.73 Å². The number of hydrogen-bond acceptors (Lipinski definition) is 3. The van der Waals surface area contributed by atoms with Gasteiger partial charge in [-0.3, -0.25) is 0 Å². The molecule has 0 aliphatic carbocycles. The largest absolute Gasteiger partial charge is 0.330 e. The molecule has 1 saturated heterocycles. The van der Waals surface area contributed by atoms with Crippen LogP contribution in [0.15, 0.2) is 23.1 Å². The van der Waals surface area contributed by atoms with E-state index in [1.165, 1.54) is 18.2 Å². The molecular formula is C14H22ClFN2O2S. The summed E-state index contributed by atoms with van der Waals surface area (Å²) < 4.78 is 40.2. The van der Waals surface area contributed by atoms with Gasteiger partial charge in [-0.2, -0.15) is 4.31 Å². The fraction of sp³-hybridized carbons (Fsp3) is 0.571. The van der Waals surface area contributed by atoms with Crippen molar-refractivity contribution in [3.63, 3.8) is 0 Å². The van der Waals surface area contributed by atoms with E-state index in [4.69, 9.17) is 5.73 Å². The minimum atomic E-state index is -3.57. The summed E-state index contributed by atoms with van der Waals surface area (Å²) in [6.45, 7) is 2.61. The van der Waals surface area contributed by atoms with Crippen LogP contribution >= 0.6 is 12.4 Å². The molecule has 7 heteroatoms. The lowest BCUT2D eigenvalue weighted by atomic mass is 10.0. The molecule has 1 fully saturated rings. The second-order valence-electron chi connectivity index (χ2n) is 5.25. The highest BCUT2D eigenvalue weighted by molar-refractivity contribution is 7.89. The van der Waals surface area contributed by atoms with E-state index >= 15 is 0 Å². The monoisotopic (exact) mass is 336 g/mol. The van der Waals surface area contributed by atoms with Crippen LogP contribution in [0, 0.1) is 12.7 Å². The molecule has 1 aliphatic rings. The molecule has 120 valence electrons. The van der Waals surface area contributed by atoms with Crippen molar-refractivity contribution in [2.75, 3.05) is 13.1 Å². The van der Waals surface area contributed by atoms with E-state index in [0.717, 1.165) is 19.3 Å². The maximum atomic E-state index is 13.2. The molecule has 1 unspecified atom stereocenters. The Balaban J connectivity index is 0.00000220. The van der Waals surface area contributed by atoms with Crippen LogP contribution in [0.25, 0.3) is 0 Å². The van der Waals surface area contributed by atoms with Gasteiger partial charge in [0, 0.05) is 12.6 Å². The molecule has 21 heavy (non-hydrogen) atoms. The highest BCUT2D eigenvalue weighted by Crippen LogP contribution is 2.28. The van der Waals surface area contributed by atoms with Gasteiger partial charge >= 0.3 is 0 Å². The van der Waals surface area contributed by atoms with Crippen LogP contribution < -0.4 is 5.73 Å². The van der Waals surface area contributed by atoms with E-state index in [1.807, 2.05) is 0 Å². The Morgan fingerprint density at radius 1 is 1.38 bits per heavy atom. The van der Waals surface area contributed by atoms with Crippen LogP contribution in [-0.4, -0.2) is 31.9 Å². The summed E-state index contributed by atoms with van der Waals surface area (Å²) in [5, 5.41) is 0. The van der Waals surface area contributed by atoms with Crippen LogP contribution in [0.4, 0.5) is 4.39 Å². The second kappa shape index (κ2) is 7.54. The number of piperidine rings is 1. The molecule has 0 saturated carbocycles. The minimum Gasteiger partial charge on any atom is -0.330 e. The quantitative estimate of drug-likeness (QED) is 0.918. The molecule has 0 spiro atoms. The molecular weight excluding hydrogens is 315 g/mol.